The van der Waals surface area contributed by atoms with Gasteiger partial charge in [0.1, 0.15) is 5.75 Å². The van der Waals surface area contributed by atoms with Crippen LogP contribution in [0.4, 0.5) is 11.6 Å². The van der Waals surface area contributed by atoms with Gasteiger partial charge in [0.25, 0.3) is 11.8 Å². The Balaban J connectivity index is 1.39. The van der Waals surface area contributed by atoms with Crippen molar-refractivity contribution in [3.05, 3.63) is 102 Å². The van der Waals surface area contributed by atoms with Crippen LogP contribution in [0, 0.1) is 0 Å². The molecule has 1 unspecified atom stereocenters. The maximum atomic E-state index is 13.1. The lowest BCUT2D eigenvalue weighted by molar-refractivity contribution is 0.0941. The van der Waals surface area contributed by atoms with Crippen LogP contribution in [0.1, 0.15) is 38.8 Å². The molecule has 2 amide bonds. The molecule has 200 valence electrons. The first-order valence-electron chi connectivity index (χ1n) is 12.5. The zero-order chi connectivity index (χ0) is 27.8. The van der Waals surface area contributed by atoms with E-state index in [-0.39, 0.29) is 24.8 Å². The number of aromatic nitrogens is 2. The number of amides is 2. The van der Waals surface area contributed by atoms with E-state index in [0.29, 0.717) is 39.8 Å². The normalized spacial score (nSPS) is 11.4. The second-order valence-corrected chi connectivity index (χ2v) is 9.06. The highest BCUT2D eigenvalue weighted by Gasteiger charge is 2.18. The molecular weight excluding hydrogens is 494 g/mol. The van der Waals surface area contributed by atoms with E-state index in [4.69, 9.17) is 4.74 Å². The highest BCUT2D eigenvalue weighted by atomic mass is 16.5. The Hall–Kier alpha value is -4.76. The first kappa shape index (κ1) is 27.3. The third kappa shape index (κ3) is 6.97. The van der Waals surface area contributed by atoms with Gasteiger partial charge in [-0.1, -0.05) is 48.5 Å². The van der Waals surface area contributed by atoms with Gasteiger partial charge in [-0.05, 0) is 42.3 Å². The van der Waals surface area contributed by atoms with Crippen molar-refractivity contribution in [2.45, 2.75) is 12.5 Å². The van der Waals surface area contributed by atoms with Gasteiger partial charge in [-0.15, -0.1) is 0 Å². The fourth-order valence-corrected chi connectivity index (χ4v) is 3.95. The number of ether oxygens (including phenoxy) is 1. The van der Waals surface area contributed by atoms with Gasteiger partial charge in [0, 0.05) is 43.7 Å². The summed E-state index contributed by atoms with van der Waals surface area (Å²) in [5, 5.41) is 16.5. The first-order valence-corrected chi connectivity index (χ1v) is 12.5. The Bertz CT molecular complexity index is 1440. The highest BCUT2D eigenvalue weighted by molar-refractivity contribution is 6.04. The van der Waals surface area contributed by atoms with Crippen LogP contribution in [-0.2, 0) is 0 Å². The number of hydrogen-bond donors (Lipinski definition) is 3. The molecule has 0 aliphatic carbocycles. The molecular formula is C30H31N5O4. The minimum atomic E-state index is -0.847. The van der Waals surface area contributed by atoms with Crippen molar-refractivity contribution in [2.75, 3.05) is 38.0 Å². The molecule has 0 bridgehead atoms. The number of rotatable bonds is 10. The minimum absolute atomic E-state index is 0.226. The Morgan fingerprint density at radius 2 is 1.74 bits per heavy atom. The number of hydrogen-bond acceptors (Lipinski definition) is 7. The quantitative estimate of drug-likeness (QED) is 0.282. The van der Waals surface area contributed by atoms with E-state index in [0.717, 1.165) is 5.56 Å². The van der Waals surface area contributed by atoms with Crippen molar-refractivity contribution in [2.24, 2.45) is 0 Å². The lowest BCUT2D eigenvalue weighted by atomic mass is 10.0. The maximum Gasteiger partial charge on any atom is 0.255 e. The predicted molar refractivity (Wildman–Crippen MR) is 151 cm³/mol. The summed E-state index contributed by atoms with van der Waals surface area (Å²) in [5.41, 5.74) is 3.32. The summed E-state index contributed by atoms with van der Waals surface area (Å²) in [7, 11) is 5.22. The molecule has 0 spiro atoms. The second-order valence-electron chi connectivity index (χ2n) is 9.06. The van der Waals surface area contributed by atoms with Crippen LogP contribution in [0.3, 0.4) is 0 Å². The van der Waals surface area contributed by atoms with Gasteiger partial charge >= 0.3 is 0 Å². The van der Waals surface area contributed by atoms with Crippen molar-refractivity contribution in [3.8, 4) is 17.0 Å². The molecule has 4 rings (SSSR count). The van der Waals surface area contributed by atoms with E-state index in [1.54, 1.807) is 60.5 Å². The number of aliphatic hydroxyl groups is 1. The number of carbonyl (C=O) groups is 2. The van der Waals surface area contributed by atoms with Crippen molar-refractivity contribution < 1.29 is 19.4 Å². The molecule has 1 aromatic heterocycles. The molecule has 0 aliphatic rings. The number of nitrogens with zero attached hydrogens (tertiary/aromatic N) is 3. The molecule has 1 heterocycles. The number of benzene rings is 3. The maximum absolute atomic E-state index is 13.1. The average Bonchev–Trinajstić information content (AvgIpc) is 2.97. The average molecular weight is 526 g/mol. The SMILES string of the molecule is COc1cccc(C(=O)Nc2cccc(C(O)CCNC(=O)c3cnc(N(C)C)nc3-c3ccccc3)c2)c1. The Morgan fingerprint density at radius 3 is 2.49 bits per heavy atom. The van der Waals surface area contributed by atoms with Crippen LogP contribution in [0.5, 0.6) is 5.75 Å². The summed E-state index contributed by atoms with van der Waals surface area (Å²) in [6, 6.07) is 23.3. The molecule has 3 aromatic carbocycles. The summed E-state index contributed by atoms with van der Waals surface area (Å²) in [5.74, 6) is 0.472. The zero-order valence-electron chi connectivity index (χ0n) is 22.1. The second kappa shape index (κ2) is 12.7. The molecule has 0 radical (unpaired) electrons. The smallest absolute Gasteiger partial charge is 0.255 e. The number of aliphatic hydroxyl groups excluding tert-OH is 1. The summed E-state index contributed by atoms with van der Waals surface area (Å²) in [4.78, 5) is 36.4. The van der Waals surface area contributed by atoms with Crippen molar-refractivity contribution in [3.63, 3.8) is 0 Å². The third-order valence-electron chi connectivity index (χ3n) is 6.03. The summed E-state index contributed by atoms with van der Waals surface area (Å²) >= 11 is 0. The predicted octanol–water partition coefficient (Wildman–Crippen LogP) is 4.32. The molecule has 3 N–H and O–H groups in total. The number of anilines is 2. The Kier molecular flexibility index (Phi) is 8.86. The fourth-order valence-electron chi connectivity index (χ4n) is 3.95. The standard InChI is InChI=1S/C30H31N5O4/c1-35(2)30-32-19-25(27(34-30)20-9-5-4-6-10-20)29(38)31-16-15-26(36)21-11-7-13-23(17-21)33-28(37)22-12-8-14-24(18-22)39-3/h4-14,17-19,26,36H,15-16H2,1-3H3,(H,31,38)(H,33,37). The summed E-state index contributed by atoms with van der Waals surface area (Å²) in [6.45, 7) is 0.226. The van der Waals surface area contributed by atoms with E-state index in [9.17, 15) is 14.7 Å². The van der Waals surface area contributed by atoms with Crippen LogP contribution < -0.4 is 20.3 Å². The molecule has 0 fully saturated rings. The lowest BCUT2D eigenvalue weighted by Gasteiger charge is -2.16. The minimum Gasteiger partial charge on any atom is -0.497 e. The molecule has 0 aliphatic heterocycles. The van der Waals surface area contributed by atoms with Gasteiger partial charge in [0.15, 0.2) is 0 Å². The van der Waals surface area contributed by atoms with Gasteiger partial charge in [-0.2, -0.15) is 0 Å². The summed E-state index contributed by atoms with van der Waals surface area (Å²) in [6.07, 6.45) is 0.946. The molecule has 0 saturated heterocycles. The van der Waals surface area contributed by atoms with Crippen molar-refractivity contribution in [1.82, 2.24) is 15.3 Å². The first-order chi connectivity index (χ1) is 18.9. The molecule has 4 aromatic rings. The van der Waals surface area contributed by atoms with E-state index in [1.807, 2.05) is 44.4 Å². The van der Waals surface area contributed by atoms with Gasteiger partial charge in [0.2, 0.25) is 5.95 Å². The topological polar surface area (TPSA) is 117 Å². The number of methoxy groups -OCH3 is 1. The molecule has 9 nitrogen and oxygen atoms in total. The molecule has 39 heavy (non-hydrogen) atoms. The van der Waals surface area contributed by atoms with Crippen molar-refractivity contribution in [1.29, 1.82) is 0 Å². The molecule has 9 heteroatoms. The van der Waals surface area contributed by atoms with Gasteiger partial charge < -0.3 is 25.4 Å². The molecule has 1 atom stereocenters. The lowest BCUT2D eigenvalue weighted by Crippen LogP contribution is -2.27. The van der Waals surface area contributed by atoms with Crippen LogP contribution in [-0.4, -0.2) is 54.6 Å². The van der Waals surface area contributed by atoms with Crippen LogP contribution in [0.25, 0.3) is 11.3 Å². The van der Waals surface area contributed by atoms with Crippen molar-refractivity contribution >= 4 is 23.5 Å². The number of carbonyl (C=O) groups excluding carboxylic acids is 2. The van der Waals surface area contributed by atoms with Crippen LogP contribution in [0.15, 0.2) is 85.1 Å². The van der Waals surface area contributed by atoms with E-state index >= 15 is 0 Å². The van der Waals surface area contributed by atoms with Crippen LogP contribution >= 0.6 is 0 Å². The largest absolute Gasteiger partial charge is 0.497 e. The van der Waals surface area contributed by atoms with E-state index in [1.165, 1.54) is 6.20 Å². The number of nitrogens with one attached hydrogen (secondary N) is 2. The van der Waals surface area contributed by atoms with Gasteiger partial charge in [0.05, 0.1) is 24.5 Å². The van der Waals surface area contributed by atoms with Gasteiger partial charge in [-0.3, -0.25) is 9.59 Å². The van der Waals surface area contributed by atoms with Gasteiger partial charge in [-0.25, -0.2) is 9.97 Å². The monoisotopic (exact) mass is 525 g/mol. The van der Waals surface area contributed by atoms with E-state index in [2.05, 4.69) is 20.6 Å². The molecule has 0 saturated carbocycles. The highest BCUT2D eigenvalue weighted by Crippen LogP contribution is 2.24. The Labute approximate surface area is 227 Å². The Morgan fingerprint density at radius 1 is 0.974 bits per heavy atom. The fraction of sp³-hybridized carbons (Fsp3) is 0.200. The van der Waals surface area contributed by atoms with E-state index < -0.39 is 6.10 Å². The summed E-state index contributed by atoms with van der Waals surface area (Å²) < 4.78 is 5.18. The third-order valence-corrected chi connectivity index (χ3v) is 6.03. The van der Waals surface area contributed by atoms with Crippen LogP contribution in [0.2, 0.25) is 0 Å². The zero-order valence-corrected chi connectivity index (χ0v) is 22.1.